The Labute approximate surface area is 277 Å². The Hall–Kier alpha value is -4.24. The lowest BCUT2D eigenvalue weighted by molar-refractivity contribution is -0.142. The van der Waals surface area contributed by atoms with E-state index in [4.69, 9.17) is 33.0 Å². The van der Waals surface area contributed by atoms with Gasteiger partial charge in [-0.2, -0.15) is 0 Å². The van der Waals surface area contributed by atoms with Gasteiger partial charge in [0.05, 0.1) is 24.9 Å². The van der Waals surface area contributed by atoms with Gasteiger partial charge in [0.2, 0.25) is 17.6 Å². The number of nitrogens with zero attached hydrogens (tertiary/aromatic N) is 2. The quantitative estimate of drug-likeness (QED) is 0.106. The van der Waals surface area contributed by atoms with Gasteiger partial charge in [0.25, 0.3) is 11.8 Å². The summed E-state index contributed by atoms with van der Waals surface area (Å²) in [7, 11) is 0. The molecule has 3 fully saturated rings. The van der Waals surface area contributed by atoms with Crippen molar-refractivity contribution in [2.24, 2.45) is 17.8 Å². The number of fused-ring (bicyclic) bond motifs is 4. The first kappa shape index (κ1) is 33.7. The topological polar surface area (TPSA) is 142 Å². The molecule has 17 heteroatoms. The summed E-state index contributed by atoms with van der Waals surface area (Å²) in [5.41, 5.74) is -2.01. The van der Waals surface area contributed by atoms with Crippen molar-refractivity contribution in [1.29, 1.82) is 0 Å². The largest absolute Gasteiger partial charge is 0.504 e. The first-order chi connectivity index (χ1) is 22.5. The lowest BCUT2D eigenvalue weighted by atomic mass is 9.56. The summed E-state index contributed by atoms with van der Waals surface area (Å²) >= 11 is 14.1. The predicted molar refractivity (Wildman–Crippen MR) is 155 cm³/mol. The molecule has 2 aliphatic heterocycles. The molecule has 6 rings (SSSR count). The number of likely N-dealkylation sites (tertiary alicyclic amines) is 1. The molecular weight excluding hydrogens is 694 g/mol. The number of amides is 4. The number of allylic oxidation sites excluding steroid dienone is 2. The minimum Gasteiger partial charge on any atom is -0.504 e. The minimum atomic E-state index is -2.82. The second kappa shape index (κ2) is 11.4. The summed E-state index contributed by atoms with van der Waals surface area (Å²) in [5, 5.41) is 20.5. The number of hydrogen-bond donors (Lipinski definition) is 2. The lowest BCUT2D eigenvalue weighted by Crippen LogP contribution is -2.60. The molecule has 2 N–H and O–H groups in total. The summed E-state index contributed by atoms with van der Waals surface area (Å²) < 4.78 is 78.4. The number of aromatic hydroxyl groups is 1. The van der Waals surface area contributed by atoms with Crippen molar-refractivity contribution in [2.45, 2.75) is 41.9 Å². The van der Waals surface area contributed by atoms with E-state index < -0.39 is 123 Å². The maximum atomic E-state index is 15.1. The highest BCUT2D eigenvalue weighted by Gasteiger charge is 2.77. The standard InChI is InChI=1S/C31H23Cl2F5N2O8/c1-2-48-15-5-3-4-13(25(15)43)18-11-6-7-12-17(27(45)39(26(12)44)9-8-16(41)42)14(11)10-30(32)28(46)40(29(47)31(18,30)33)24-22(37)20(35)19(34)21(36)23(24)38/h3-6,12,14,17-18,43H,2,7-10H2,1H3,(H,41,42). The number of carbonyl (C=O) groups excluding carboxylic acids is 4. The van der Waals surface area contributed by atoms with Crippen LogP contribution in [0, 0.1) is 46.8 Å². The monoisotopic (exact) mass is 716 g/mol. The number of anilines is 1. The van der Waals surface area contributed by atoms with E-state index in [0.29, 0.717) is 0 Å². The summed E-state index contributed by atoms with van der Waals surface area (Å²) in [6.45, 7) is 1.18. The lowest BCUT2D eigenvalue weighted by Gasteiger charge is -2.50. The average molecular weight is 717 g/mol. The molecule has 0 bridgehead atoms. The van der Waals surface area contributed by atoms with Crippen LogP contribution >= 0.6 is 23.2 Å². The second-order valence-corrected chi connectivity index (χ2v) is 13.0. The Morgan fingerprint density at radius 1 is 0.958 bits per heavy atom. The van der Waals surface area contributed by atoms with Crippen LogP contribution in [0.15, 0.2) is 29.8 Å². The molecule has 0 spiro atoms. The highest BCUT2D eigenvalue weighted by atomic mass is 35.5. The van der Waals surface area contributed by atoms with Crippen LogP contribution in [0.3, 0.4) is 0 Å². The summed E-state index contributed by atoms with van der Waals surface area (Å²) in [4.78, 5) is 61.6. The first-order valence-electron chi connectivity index (χ1n) is 14.5. The average Bonchev–Trinajstić information content (AvgIpc) is 3.37. The minimum absolute atomic E-state index is 0.0520. The Morgan fingerprint density at radius 2 is 1.58 bits per heavy atom. The van der Waals surface area contributed by atoms with Gasteiger partial charge < -0.3 is 14.9 Å². The van der Waals surface area contributed by atoms with E-state index in [0.717, 1.165) is 4.90 Å². The van der Waals surface area contributed by atoms with Gasteiger partial charge in [-0.3, -0.25) is 28.9 Å². The Balaban J connectivity index is 1.58. The molecule has 6 unspecified atom stereocenters. The van der Waals surface area contributed by atoms with Gasteiger partial charge in [0.1, 0.15) is 5.69 Å². The number of benzene rings is 2. The van der Waals surface area contributed by atoms with Crippen LogP contribution in [-0.4, -0.2) is 67.6 Å². The molecule has 2 heterocycles. The van der Waals surface area contributed by atoms with Crippen molar-refractivity contribution in [3.63, 3.8) is 0 Å². The van der Waals surface area contributed by atoms with Crippen molar-refractivity contribution >= 4 is 58.5 Å². The van der Waals surface area contributed by atoms with Crippen LogP contribution in [0.5, 0.6) is 11.5 Å². The molecule has 2 aromatic carbocycles. The number of para-hydroxylation sites is 1. The third-order valence-electron chi connectivity index (χ3n) is 9.50. The molecule has 254 valence electrons. The first-order valence-corrected chi connectivity index (χ1v) is 15.3. The van der Waals surface area contributed by atoms with E-state index in [1.165, 1.54) is 24.3 Å². The molecule has 4 aliphatic rings. The zero-order valence-electron chi connectivity index (χ0n) is 24.5. The molecule has 1 saturated carbocycles. The van der Waals surface area contributed by atoms with Gasteiger partial charge in [-0.05, 0) is 31.7 Å². The number of halogens is 7. The Bertz CT molecular complexity index is 1850. The smallest absolute Gasteiger partial charge is 0.305 e. The predicted octanol–water partition coefficient (Wildman–Crippen LogP) is 4.52. The van der Waals surface area contributed by atoms with Crippen molar-refractivity contribution in [3.05, 3.63) is 64.5 Å². The van der Waals surface area contributed by atoms with E-state index in [1.54, 1.807) is 6.92 Å². The molecule has 2 aromatic rings. The number of hydrogen-bond acceptors (Lipinski definition) is 7. The number of alkyl halides is 2. The molecule has 48 heavy (non-hydrogen) atoms. The van der Waals surface area contributed by atoms with Crippen LogP contribution in [0.25, 0.3) is 0 Å². The number of rotatable bonds is 7. The third kappa shape index (κ3) is 4.32. The zero-order valence-corrected chi connectivity index (χ0v) is 26.1. The van der Waals surface area contributed by atoms with Crippen molar-refractivity contribution < 1.29 is 60.9 Å². The number of phenolic OH excluding ortho intramolecular Hbond substituents is 1. The van der Waals surface area contributed by atoms with Gasteiger partial charge >= 0.3 is 5.97 Å². The SMILES string of the molecule is CCOc1cccc(C2C3=CCC4C(=O)N(CCC(=O)O)C(=O)C4C3CC3(Cl)C(=O)N(c4c(F)c(F)c(F)c(F)c4F)C(=O)C23Cl)c1O. The van der Waals surface area contributed by atoms with E-state index in [9.17, 15) is 42.3 Å². The van der Waals surface area contributed by atoms with Gasteiger partial charge in [-0.25, -0.2) is 26.9 Å². The maximum absolute atomic E-state index is 15.1. The molecule has 4 amide bonds. The summed E-state index contributed by atoms with van der Waals surface area (Å²) in [6.07, 6.45) is -0.000196. The van der Waals surface area contributed by atoms with E-state index in [-0.39, 0.29) is 34.8 Å². The van der Waals surface area contributed by atoms with E-state index in [1.807, 2.05) is 0 Å². The third-order valence-corrected chi connectivity index (χ3v) is 10.9. The number of carboxylic acid groups (broad SMARTS) is 1. The van der Waals surface area contributed by atoms with Crippen LogP contribution in [0.2, 0.25) is 0 Å². The molecule has 0 aromatic heterocycles. The van der Waals surface area contributed by atoms with Crippen molar-refractivity contribution in [2.75, 3.05) is 18.1 Å². The Morgan fingerprint density at radius 3 is 2.19 bits per heavy atom. The number of ether oxygens (including phenoxy) is 1. The maximum Gasteiger partial charge on any atom is 0.305 e. The molecule has 2 aliphatic carbocycles. The summed E-state index contributed by atoms with van der Waals surface area (Å²) in [6, 6.07) is 4.01. The van der Waals surface area contributed by atoms with Gasteiger partial charge in [0.15, 0.2) is 44.5 Å². The zero-order chi connectivity index (χ0) is 35.2. The van der Waals surface area contributed by atoms with Gasteiger partial charge in [-0.1, -0.05) is 23.8 Å². The van der Waals surface area contributed by atoms with Crippen LogP contribution in [0.4, 0.5) is 27.6 Å². The fourth-order valence-electron chi connectivity index (χ4n) is 7.45. The number of imide groups is 2. The van der Waals surface area contributed by atoms with Gasteiger partial charge in [-0.15, -0.1) is 23.2 Å². The molecule has 0 radical (unpaired) electrons. The van der Waals surface area contributed by atoms with Crippen LogP contribution in [-0.2, 0) is 24.0 Å². The molecular formula is C31H23Cl2F5N2O8. The Kier molecular flexibility index (Phi) is 8.02. The normalized spacial score (nSPS) is 29.5. The number of carboxylic acids is 1. The van der Waals surface area contributed by atoms with Gasteiger partial charge in [0, 0.05) is 18.0 Å². The fourth-order valence-corrected chi connectivity index (χ4v) is 8.38. The number of phenols is 1. The van der Waals surface area contributed by atoms with E-state index >= 15 is 8.78 Å². The highest BCUT2D eigenvalue weighted by molar-refractivity contribution is 6.58. The fraction of sp³-hybridized carbons (Fsp3) is 0.387. The van der Waals surface area contributed by atoms with Crippen molar-refractivity contribution in [3.8, 4) is 11.5 Å². The number of carbonyl (C=O) groups is 5. The number of aliphatic carboxylic acids is 1. The van der Waals surface area contributed by atoms with Crippen molar-refractivity contribution in [1.82, 2.24) is 4.90 Å². The summed E-state index contributed by atoms with van der Waals surface area (Å²) in [5.74, 6) is -24.7. The molecule has 10 nitrogen and oxygen atoms in total. The molecule has 6 atom stereocenters. The highest BCUT2D eigenvalue weighted by Crippen LogP contribution is 2.67. The second-order valence-electron chi connectivity index (χ2n) is 11.8. The van der Waals surface area contributed by atoms with E-state index in [2.05, 4.69) is 0 Å². The van der Waals surface area contributed by atoms with Crippen LogP contribution in [0.1, 0.15) is 37.7 Å². The van der Waals surface area contributed by atoms with Crippen LogP contribution < -0.4 is 9.64 Å². The molecule has 2 saturated heterocycles.